The molecule has 1 aromatic carbocycles. The van der Waals surface area contributed by atoms with E-state index < -0.39 is 0 Å². The fourth-order valence-corrected chi connectivity index (χ4v) is 1.53. The van der Waals surface area contributed by atoms with Gasteiger partial charge >= 0.3 is 0 Å². The number of aromatic nitrogens is 4. The molecule has 18 heavy (non-hydrogen) atoms. The van der Waals surface area contributed by atoms with E-state index in [1.807, 2.05) is 24.3 Å². The van der Waals surface area contributed by atoms with Crippen molar-refractivity contribution in [2.24, 2.45) is 0 Å². The van der Waals surface area contributed by atoms with Crippen LogP contribution in [0, 0.1) is 11.3 Å². The zero-order valence-electron chi connectivity index (χ0n) is 9.16. The van der Waals surface area contributed by atoms with Crippen molar-refractivity contribution in [3.8, 4) is 17.7 Å². The van der Waals surface area contributed by atoms with E-state index >= 15 is 0 Å². The normalized spacial score (nSPS) is 10.2. The highest BCUT2D eigenvalue weighted by atomic mass is 16.5. The summed E-state index contributed by atoms with van der Waals surface area (Å²) in [5.74, 6) is 0.971. The minimum absolute atomic E-state index is 0.256. The number of ether oxygens (including phenoxy) is 1. The van der Waals surface area contributed by atoms with E-state index in [4.69, 9.17) is 10.00 Å². The summed E-state index contributed by atoms with van der Waals surface area (Å²) in [6.07, 6.45) is 4.51. The second-order valence-electron chi connectivity index (χ2n) is 3.57. The Labute approximate surface area is 102 Å². The zero-order chi connectivity index (χ0) is 12.4. The molecule has 2 heterocycles. The van der Waals surface area contributed by atoms with Gasteiger partial charge in [0, 0.05) is 11.5 Å². The van der Waals surface area contributed by atoms with Crippen LogP contribution in [0.2, 0.25) is 0 Å². The average Bonchev–Trinajstić information content (AvgIpc) is 2.87. The van der Waals surface area contributed by atoms with E-state index in [1.165, 1.54) is 12.4 Å². The molecular weight excluding hydrogens is 230 g/mol. The van der Waals surface area contributed by atoms with Crippen LogP contribution in [-0.2, 0) is 0 Å². The first kappa shape index (κ1) is 10.2. The molecule has 0 spiro atoms. The maximum Gasteiger partial charge on any atom is 0.237 e. The fourth-order valence-electron chi connectivity index (χ4n) is 1.53. The van der Waals surface area contributed by atoms with Crippen LogP contribution < -0.4 is 4.74 Å². The molecule has 0 radical (unpaired) electrons. The molecular formula is C12H7N5O. The summed E-state index contributed by atoms with van der Waals surface area (Å²) in [6, 6.07) is 7.43. The summed E-state index contributed by atoms with van der Waals surface area (Å²) in [5, 5.41) is 16.4. The van der Waals surface area contributed by atoms with Crippen molar-refractivity contribution >= 4 is 10.9 Å². The highest BCUT2D eigenvalue weighted by molar-refractivity contribution is 5.79. The standard InChI is InChI=1S/C12H7N5O/c13-4-9-6-15-12(7-14-9)18-10-2-1-8-5-16-17-11(8)3-10/h1-3,5-7H,(H,16,17). The minimum Gasteiger partial charge on any atom is -0.437 e. The van der Waals surface area contributed by atoms with Gasteiger partial charge in [-0.2, -0.15) is 10.4 Å². The van der Waals surface area contributed by atoms with E-state index in [0.717, 1.165) is 10.9 Å². The number of nitriles is 1. The lowest BCUT2D eigenvalue weighted by Crippen LogP contribution is -1.90. The Balaban J connectivity index is 1.88. The monoisotopic (exact) mass is 237 g/mol. The van der Waals surface area contributed by atoms with Gasteiger partial charge in [0.15, 0.2) is 5.69 Å². The number of H-pyrrole nitrogens is 1. The third kappa shape index (κ3) is 1.85. The Hall–Kier alpha value is -2.94. The SMILES string of the molecule is N#Cc1cnc(Oc2ccc3cn[nH]c3c2)cn1. The Morgan fingerprint density at radius 3 is 2.89 bits per heavy atom. The highest BCUT2D eigenvalue weighted by Crippen LogP contribution is 2.22. The second-order valence-corrected chi connectivity index (χ2v) is 3.57. The number of hydrogen-bond donors (Lipinski definition) is 1. The van der Waals surface area contributed by atoms with Gasteiger partial charge in [-0.25, -0.2) is 9.97 Å². The lowest BCUT2D eigenvalue weighted by atomic mass is 10.2. The number of aromatic amines is 1. The van der Waals surface area contributed by atoms with Crippen LogP contribution in [-0.4, -0.2) is 20.2 Å². The predicted molar refractivity (Wildman–Crippen MR) is 62.9 cm³/mol. The highest BCUT2D eigenvalue weighted by Gasteiger charge is 2.02. The topological polar surface area (TPSA) is 87.5 Å². The van der Waals surface area contributed by atoms with E-state index in [1.54, 1.807) is 6.20 Å². The first-order valence-electron chi connectivity index (χ1n) is 5.18. The molecule has 2 aromatic heterocycles. The molecule has 0 bridgehead atoms. The Kier molecular flexibility index (Phi) is 2.35. The van der Waals surface area contributed by atoms with Gasteiger partial charge in [-0.1, -0.05) is 0 Å². The van der Waals surface area contributed by atoms with Crippen LogP contribution >= 0.6 is 0 Å². The molecule has 6 heteroatoms. The average molecular weight is 237 g/mol. The molecule has 0 amide bonds. The number of nitrogens with zero attached hydrogens (tertiary/aromatic N) is 4. The predicted octanol–water partition coefficient (Wildman–Crippen LogP) is 2.02. The van der Waals surface area contributed by atoms with Crippen LogP contribution in [0.4, 0.5) is 0 Å². The molecule has 3 aromatic rings. The van der Waals surface area contributed by atoms with Gasteiger partial charge in [0.1, 0.15) is 11.8 Å². The van der Waals surface area contributed by atoms with Crippen LogP contribution in [0.15, 0.2) is 36.8 Å². The summed E-state index contributed by atoms with van der Waals surface area (Å²) in [4.78, 5) is 7.86. The van der Waals surface area contributed by atoms with Crippen molar-refractivity contribution in [2.75, 3.05) is 0 Å². The van der Waals surface area contributed by atoms with Gasteiger partial charge in [-0.05, 0) is 12.1 Å². The lowest BCUT2D eigenvalue weighted by Gasteiger charge is -2.03. The second kappa shape index (κ2) is 4.14. The number of fused-ring (bicyclic) bond motifs is 1. The molecule has 0 unspecified atom stereocenters. The molecule has 6 nitrogen and oxygen atoms in total. The van der Waals surface area contributed by atoms with Crippen LogP contribution in [0.3, 0.4) is 0 Å². The maximum absolute atomic E-state index is 8.61. The molecule has 0 saturated carbocycles. The molecule has 0 fully saturated rings. The summed E-state index contributed by atoms with van der Waals surface area (Å²) < 4.78 is 5.52. The zero-order valence-corrected chi connectivity index (χ0v) is 9.16. The smallest absolute Gasteiger partial charge is 0.237 e. The molecule has 0 aliphatic carbocycles. The van der Waals surface area contributed by atoms with E-state index in [-0.39, 0.29) is 5.69 Å². The molecule has 0 saturated heterocycles. The number of nitrogens with one attached hydrogen (secondary N) is 1. The van der Waals surface area contributed by atoms with Crippen molar-refractivity contribution in [3.63, 3.8) is 0 Å². The van der Waals surface area contributed by atoms with Gasteiger partial charge in [0.2, 0.25) is 5.88 Å². The Morgan fingerprint density at radius 2 is 2.11 bits per heavy atom. The third-order valence-electron chi connectivity index (χ3n) is 2.38. The Bertz CT molecular complexity index is 726. The molecule has 0 aliphatic rings. The van der Waals surface area contributed by atoms with Gasteiger partial charge in [-0.3, -0.25) is 5.10 Å². The summed E-state index contributed by atoms with van der Waals surface area (Å²) >= 11 is 0. The van der Waals surface area contributed by atoms with E-state index in [2.05, 4.69) is 20.2 Å². The van der Waals surface area contributed by atoms with Crippen LogP contribution in [0.5, 0.6) is 11.6 Å². The van der Waals surface area contributed by atoms with Gasteiger partial charge in [0.05, 0.1) is 24.1 Å². The molecule has 86 valence electrons. The third-order valence-corrected chi connectivity index (χ3v) is 2.38. The first-order valence-corrected chi connectivity index (χ1v) is 5.18. The molecule has 0 atom stereocenters. The summed E-state index contributed by atoms with van der Waals surface area (Å²) in [5.41, 5.74) is 1.14. The maximum atomic E-state index is 8.61. The lowest BCUT2D eigenvalue weighted by molar-refractivity contribution is 0.460. The van der Waals surface area contributed by atoms with Crippen molar-refractivity contribution in [1.82, 2.24) is 20.2 Å². The summed E-state index contributed by atoms with van der Waals surface area (Å²) in [7, 11) is 0. The quantitative estimate of drug-likeness (QED) is 0.736. The van der Waals surface area contributed by atoms with Crippen molar-refractivity contribution in [1.29, 1.82) is 5.26 Å². The van der Waals surface area contributed by atoms with Crippen molar-refractivity contribution in [2.45, 2.75) is 0 Å². The van der Waals surface area contributed by atoms with Gasteiger partial charge in [0.25, 0.3) is 0 Å². The van der Waals surface area contributed by atoms with Crippen LogP contribution in [0.25, 0.3) is 10.9 Å². The number of hydrogen-bond acceptors (Lipinski definition) is 5. The van der Waals surface area contributed by atoms with Crippen molar-refractivity contribution in [3.05, 3.63) is 42.5 Å². The Morgan fingerprint density at radius 1 is 1.17 bits per heavy atom. The first-order chi connectivity index (χ1) is 8.85. The van der Waals surface area contributed by atoms with Crippen LogP contribution in [0.1, 0.15) is 5.69 Å². The number of benzene rings is 1. The van der Waals surface area contributed by atoms with E-state index in [0.29, 0.717) is 11.6 Å². The summed E-state index contributed by atoms with van der Waals surface area (Å²) in [6.45, 7) is 0. The molecule has 3 rings (SSSR count). The number of rotatable bonds is 2. The largest absolute Gasteiger partial charge is 0.437 e. The molecule has 1 N–H and O–H groups in total. The molecule has 0 aliphatic heterocycles. The van der Waals surface area contributed by atoms with E-state index in [9.17, 15) is 0 Å². The van der Waals surface area contributed by atoms with Gasteiger partial charge < -0.3 is 4.74 Å². The fraction of sp³-hybridized carbons (Fsp3) is 0. The van der Waals surface area contributed by atoms with Crippen molar-refractivity contribution < 1.29 is 4.74 Å². The minimum atomic E-state index is 0.256. The van der Waals surface area contributed by atoms with Gasteiger partial charge in [-0.15, -0.1) is 0 Å².